The molecule has 2 amide bonds. The molecule has 0 unspecified atom stereocenters. The Labute approximate surface area is 194 Å². The molecule has 31 heavy (non-hydrogen) atoms. The van der Waals surface area contributed by atoms with Crippen LogP contribution in [0.3, 0.4) is 0 Å². The Balaban J connectivity index is 1.66. The lowest BCUT2D eigenvalue weighted by Crippen LogP contribution is -2.58. The average molecular weight is 521 g/mol. The fourth-order valence-electron chi connectivity index (χ4n) is 6.38. The first-order valence-corrected chi connectivity index (χ1v) is 11.6. The van der Waals surface area contributed by atoms with E-state index in [9.17, 15) is 14.7 Å². The zero-order chi connectivity index (χ0) is 21.5. The fraction of sp³-hybridized carbons (Fsp3) is 0.231. The van der Waals surface area contributed by atoms with E-state index in [4.69, 9.17) is 0 Å². The van der Waals surface area contributed by atoms with Gasteiger partial charge >= 0.3 is 0 Å². The first-order valence-electron chi connectivity index (χ1n) is 10.5. The highest BCUT2D eigenvalue weighted by atomic mass is 127. The summed E-state index contributed by atoms with van der Waals surface area (Å²) in [5, 5.41) is 11.3. The Morgan fingerprint density at radius 1 is 0.871 bits per heavy atom. The molecule has 5 heteroatoms. The SMILES string of the molecule is C[C@H](O)C12c3ccccc3C(c3ccccc31)[C@H]1C(=O)N(c3ccc(I)cc3)C(=O)[C@H]12. The van der Waals surface area contributed by atoms with E-state index in [-0.39, 0.29) is 17.7 Å². The molecule has 1 fully saturated rings. The minimum atomic E-state index is -0.947. The summed E-state index contributed by atoms with van der Waals surface area (Å²) in [6.07, 6.45) is -0.836. The molecule has 7 rings (SSSR count). The summed E-state index contributed by atoms with van der Waals surface area (Å²) >= 11 is 2.21. The highest BCUT2D eigenvalue weighted by Gasteiger charge is 2.69. The first kappa shape index (κ1) is 19.2. The van der Waals surface area contributed by atoms with Crippen LogP contribution in [0.1, 0.15) is 35.1 Å². The molecule has 3 atom stereocenters. The fourth-order valence-corrected chi connectivity index (χ4v) is 6.74. The van der Waals surface area contributed by atoms with Gasteiger partial charge in [0.15, 0.2) is 0 Å². The lowest BCUT2D eigenvalue weighted by atomic mass is 9.46. The van der Waals surface area contributed by atoms with Crippen LogP contribution in [0.5, 0.6) is 0 Å². The second-order valence-electron chi connectivity index (χ2n) is 8.69. The molecule has 1 saturated heterocycles. The molecule has 4 aliphatic rings. The third kappa shape index (κ3) is 2.23. The van der Waals surface area contributed by atoms with Gasteiger partial charge in [0.05, 0.1) is 29.0 Å². The van der Waals surface area contributed by atoms with Crippen molar-refractivity contribution in [3.05, 3.63) is 98.6 Å². The molecule has 0 spiro atoms. The van der Waals surface area contributed by atoms with Crippen LogP contribution in [0.2, 0.25) is 0 Å². The van der Waals surface area contributed by atoms with Crippen molar-refractivity contribution in [3.63, 3.8) is 0 Å². The van der Waals surface area contributed by atoms with Gasteiger partial charge in [0.1, 0.15) is 0 Å². The second kappa shape index (κ2) is 6.50. The molecular formula is C26H20INO3. The van der Waals surface area contributed by atoms with Crippen molar-refractivity contribution < 1.29 is 14.7 Å². The topological polar surface area (TPSA) is 57.6 Å². The molecule has 1 N–H and O–H groups in total. The van der Waals surface area contributed by atoms with Gasteiger partial charge in [-0.3, -0.25) is 9.59 Å². The van der Waals surface area contributed by atoms with Crippen LogP contribution >= 0.6 is 22.6 Å². The molecule has 3 aromatic rings. The summed E-state index contributed by atoms with van der Waals surface area (Å²) < 4.78 is 1.04. The van der Waals surface area contributed by atoms with E-state index in [0.717, 1.165) is 25.8 Å². The third-order valence-corrected chi connectivity index (χ3v) is 8.15. The number of carbonyl (C=O) groups is 2. The number of aliphatic hydroxyl groups excluding tert-OH is 1. The Morgan fingerprint density at radius 3 is 1.97 bits per heavy atom. The zero-order valence-electron chi connectivity index (χ0n) is 16.8. The van der Waals surface area contributed by atoms with Gasteiger partial charge in [0, 0.05) is 9.49 Å². The van der Waals surface area contributed by atoms with Gasteiger partial charge in [0.25, 0.3) is 0 Å². The molecule has 1 heterocycles. The van der Waals surface area contributed by atoms with E-state index in [1.807, 2.05) is 60.7 Å². The lowest BCUT2D eigenvalue weighted by molar-refractivity contribution is -0.126. The van der Waals surface area contributed by atoms with Gasteiger partial charge in [0.2, 0.25) is 11.8 Å². The van der Waals surface area contributed by atoms with Crippen molar-refractivity contribution in [1.82, 2.24) is 0 Å². The summed E-state index contributed by atoms with van der Waals surface area (Å²) in [7, 11) is 0. The van der Waals surface area contributed by atoms with E-state index in [1.165, 1.54) is 4.90 Å². The number of aliphatic hydroxyl groups is 1. The van der Waals surface area contributed by atoms with Crippen LogP contribution in [-0.2, 0) is 15.0 Å². The molecular weight excluding hydrogens is 501 g/mol. The maximum absolute atomic E-state index is 13.9. The Bertz CT molecular complexity index is 1200. The van der Waals surface area contributed by atoms with Crippen molar-refractivity contribution in [3.8, 4) is 0 Å². The number of amides is 2. The number of hydrogen-bond donors (Lipinski definition) is 1. The maximum Gasteiger partial charge on any atom is 0.239 e. The van der Waals surface area contributed by atoms with Crippen LogP contribution in [0.25, 0.3) is 0 Å². The maximum atomic E-state index is 13.9. The van der Waals surface area contributed by atoms with E-state index in [1.54, 1.807) is 6.92 Å². The number of rotatable bonds is 2. The second-order valence-corrected chi connectivity index (χ2v) is 9.93. The van der Waals surface area contributed by atoms with Gasteiger partial charge < -0.3 is 5.11 Å². The lowest BCUT2D eigenvalue weighted by Gasteiger charge is -2.55. The van der Waals surface area contributed by atoms with Crippen molar-refractivity contribution in [2.24, 2.45) is 11.8 Å². The van der Waals surface area contributed by atoms with Crippen molar-refractivity contribution in [2.75, 3.05) is 4.90 Å². The molecule has 4 nitrogen and oxygen atoms in total. The van der Waals surface area contributed by atoms with Crippen LogP contribution in [0, 0.1) is 15.4 Å². The highest BCUT2D eigenvalue weighted by molar-refractivity contribution is 14.1. The van der Waals surface area contributed by atoms with E-state index in [2.05, 4.69) is 34.7 Å². The average Bonchev–Trinajstić information content (AvgIpc) is 3.05. The summed E-state index contributed by atoms with van der Waals surface area (Å²) in [5.74, 6) is -1.73. The third-order valence-electron chi connectivity index (χ3n) is 7.43. The summed E-state index contributed by atoms with van der Waals surface area (Å²) in [6.45, 7) is 1.75. The number of imide groups is 1. The standard InChI is InChI=1S/C26H20INO3/c1-14(29)26-19-8-4-2-6-17(19)21(18-7-3-5-9-20(18)26)22-23(26)25(31)28(24(22)30)16-12-10-15(27)11-13-16/h2-14,21-23,29H,1H3/t14-,21?,22+,23-,26?/m0/s1. The number of halogens is 1. The van der Waals surface area contributed by atoms with E-state index < -0.39 is 23.4 Å². The minimum Gasteiger partial charge on any atom is -0.392 e. The number of hydrogen-bond acceptors (Lipinski definition) is 3. The molecule has 3 aromatic carbocycles. The molecule has 0 saturated carbocycles. The largest absolute Gasteiger partial charge is 0.392 e. The van der Waals surface area contributed by atoms with Crippen LogP contribution in [0.4, 0.5) is 5.69 Å². The number of nitrogens with zero attached hydrogens (tertiary/aromatic N) is 1. The molecule has 3 aliphatic carbocycles. The van der Waals surface area contributed by atoms with Gasteiger partial charge in [-0.15, -0.1) is 0 Å². The smallest absolute Gasteiger partial charge is 0.239 e. The molecule has 0 aromatic heterocycles. The van der Waals surface area contributed by atoms with E-state index >= 15 is 0 Å². The van der Waals surface area contributed by atoms with Crippen molar-refractivity contribution >= 4 is 40.1 Å². The van der Waals surface area contributed by atoms with E-state index in [0.29, 0.717) is 5.69 Å². The van der Waals surface area contributed by atoms with Gasteiger partial charge in [-0.1, -0.05) is 48.5 Å². The number of carbonyl (C=O) groups excluding carboxylic acids is 2. The number of anilines is 1. The molecule has 154 valence electrons. The Morgan fingerprint density at radius 2 is 1.42 bits per heavy atom. The minimum absolute atomic E-state index is 0.171. The quantitative estimate of drug-likeness (QED) is 0.406. The molecule has 2 bridgehead atoms. The van der Waals surface area contributed by atoms with Crippen molar-refractivity contribution in [1.29, 1.82) is 0 Å². The van der Waals surface area contributed by atoms with Gasteiger partial charge in [-0.2, -0.15) is 0 Å². The first-order chi connectivity index (χ1) is 15.0. The van der Waals surface area contributed by atoms with Crippen LogP contribution in [-0.4, -0.2) is 23.0 Å². The van der Waals surface area contributed by atoms with Gasteiger partial charge in [-0.25, -0.2) is 4.90 Å². The predicted molar refractivity (Wildman–Crippen MR) is 126 cm³/mol. The summed E-state index contributed by atoms with van der Waals surface area (Å²) in [5.41, 5.74) is 3.69. The number of benzene rings is 3. The van der Waals surface area contributed by atoms with Crippen LogP contribution in [0.15, 0.2) is 72.8 Å². The zero-order valence-corrected chi connectivity index (χ0v) is 19.0. The summed E-state index contributed by atoms with van der Waals surface area (Å²) in [6, 6.07) is 23.5. The molecule has 0 radical (unpaired) electrons. The predicted octanol–water partition coefficient (Wildman–Crippen LogP) is 4.22. The normalized spacial score (nSPS) is 28.9. The van der Waals surface area contributed by atoms with Crippen molar-refractivity contribution in [2.45, 2.75) is 24.4 Å². The Hall–Kier alpha value is -2.51. The molecule has 1 aliphatic heterocycles. The highest BCUT2D eigenvalue weighted by Crippen LogP contribution is 2.65. The van der Waals surface area contributed by atoms with Gasteiger partial charge in [-0.05, 0) is 76.0 Å². The summed E-state index contributed by atoms with van der Waals surface area (Å²) in [4.78, 5) is 29.1. The van der Waals surface area contributed by atoms with Crippen LogP contribution < -0.4 is 4.90 Å². The monoisotopic (exact) mass is 521 g/mol. The Kier molecular flexibility index (Phi) is 4.02.